The highest BCUT2D eigenvalue weighted by Gasteiger charge is 2.25. The lowest BCUT2D eigenvalue weighted by molar-refractivity contribution is -0.122. The van der Waals surface area contributed by atoms with Gasteiger partial charge in [-0.05, 0) is 23.8 Å². The van der Waals surface area contributed by atoms with Crippen LogP contribution in [0.1, 0.15) is 23.0 Å². The minimum Gasteiger partial charge on any atom is -0.484 e. The fourth-order valence-electron chi connectivity index (χ4n) is 3.30. The predicted molar refractivity (Wildman–Crippen MR) is 102 cm³/mol. The summed E-state index contributed by atoms with van der Waals surface area (Å²) in [5, 5.41) is 2.92. The van der Waals surface area contributed by atoms with Crippen LogP contribution in [0.5, 0.6) is 5.75 Å². The minimum atomic E-state index is -0.118. The van der Waals surface area contributed by atoms with Crippen LogP contribution in [0.3, 0.4) is 0 Å². The van der Waals surface area contributed by atoms with E-state index in [0.717, 1.165) is 22.6 Å². The second-order valence-corrected chi connectivity index (χ2v) is 6.65. The number of ether oxygens (including phenoxy) is 1. The van der Waals surface area contributed by atoms with Gasteiger partial charge >= 0.3 is 0 Å². The van der Waals surface area contributed by atoms with Crippen LogP contribution < -0.4 is 10.1 Å². The Labute approximate surface area is 158 Å². The zero-order valence-corrected chi connectivity index (χ0v) is 15.0. The summed E-state index contributed by atoms with van der Waals surface area (Å²) in [6.45, 7) is 2.02. The third-order valence-electron chi connectivity index (χ3n) is 4.64. The van der Waals surface area contributed by atoms with Gasteiger partial charge in [0.15, 0.2) is 0 Å². The van der Waals surface area contributed by atoms with Crippen molar-refractivity contribution in [2.24, 2.45) is 0 Å². The van der Waals surface area contributed by atoms with Gasteiger partial charge in [0.05, 0.1) is 19.4 Å². The number of nitrogens with one attached hydrogen (secondary N) is 1. The van der Waals surface area contributed by atoms with Gasteiger partial charge < -0.3 is 14.5 Å². The van der Waals surface area contributed by atoms with Gasteiger partial charge in [-0.2, -0.15) is 0 Å². The molecular weight excluding hydrogens is 340 g/mol. The van der Waals surface area contributed by atoms with Crippen molar-refractivity contribution in [2.45, 2.75) is 19.2 Å². The van der Waals surface area contributed by atoms with Crippen LogP contribution in [-0.2, 0) is 17.9 Å². The summed E-state index contributed by atoms with van der Waals surface area (Å²) >= 11 is 0. The second-order valence-electron chi connectivity index (χ2n) is 6.65. The number of nitrogens with zero attached hydrogens (tertiary/aromatic N) is 1. The highest BCUT2D eigenvalue weighted by atomic mass is 16.5. The van der Waals surface area contributed by atoms with E-state index in [0.29, 0.717) is 26.2 Å². The third kappa shape index (κ3) is 4.38. The molecule has 0 saturated carbocycles. The zero-order valence-electron chi connectivity index (χ0n) is 15.0. The first-order chi connectivity index (χ1) is 13.3. The summed E-state index contributed by atoms with van der Waals surface area (Å²) in [4.78, 5) is 14.6. The molecule has 1 aliphatic rings. The van der Waals surface area contributed by atoms with Crippen LogP contribution in [0.25, 0.3) is 0 Å². The number of amides is 1. The first-order valence-electron chi connectivity index (χ1n) is 9.09. The molecular formula is C22H22N2O3. The Bertz CT molecular complexity index is 878. The van der Waals surface area contributed by atoms with E-state index in [9.17, 15) is 4.79 Å². The molecule has 1 aliphatic heterocycles. The van der Waals surface area contributed by atoms with Crippen LogP contribution in [0.4, 0.5) is 0 Å². The molecule has 3 aromatic rings. The van der Waals surface area contributed by atoms with E-state index >= 15 is 0 Å². The van der Waals surface area contributed by atoms with Gasteiger partial charge in [0.25, 0.3) is 0 Å². The summed E-state index contributed by atoms with van der Waals surface area (Å²) < 4.78 is 11.6. The second kappa shape index (κ2) is 8.10. The van der Waals surface area contributed by atoms with E-state index in [2.05, 4.69) is 28.4 Å². The molecule has 2 heterocycles. The lowest BCUT2D eigenvalue weighted by atomic mass is 10.1. The number of fused-ring (bicyclic) bond motifs is 1. The number of carbonyl (C=O) groups is 1. The molecule has 1 N–H and O–H groups in total. The molecule has 1 amide bonds. The molecule has 138 valence electrons. The SMILES string of the molecule is O=C(CN1Cc2ccccc2OC(c2ccccc2)C1)NCc1ccco1. The molecule has 4 rings (SSSR count). The maximum Gasteiger partial charge on any atom is 0.234 e. The van der Waals surface area contributed by atoms with Crippen molar-refractivity contribution in [1.29, 1.82) is 0 Å². The Kier molecular flexibility index (Phi) is 5.21. The van der Waals surface area contributed by atoms with E-state index in [1.807, 2.05) is 48.5 Å². The van der Waals surface area contributed by atoms with Crippen molar-refractivity contribution in [3.8, 4) is 5.75 Å². The first kappa shape index (κ1) is 17.4. The fraction of sp³-hybridized carbons (Fsp3) is 0.227. The van der Waals surface area contributed by atoms with Gasteiger partial charge in [-0.3, -0.25) is 9.69 Å². The van der Waals surface area contributed by atoms with Crippen LogP contribution in [0.15, 0.2) is 77.4 Å². The standard InChI is InChI=1S/C22H22N2O3/c25-22(23-13-19-10-6-12-26-19)16-24-14-18-9-4-5-11-20(18)27-21(15-24)17-7-2-1-3-8-17/h1-12,21H,13-16H2,(H,23,25). The Morgan fingerprint density at radius 2 is 1.85 bits per heavy atom. The minimum absolute atomic E-state index is 0.0300. The predicted octanol–water partition coefficient (Wildman–Crippen LogP) is 3.53. The Hall–Kier alpha value is -3.05. The fourth-order valence-corrected chi connectivity index (χ4v) is 3.30. The average Bonchev–Trinajstić information content (AvgIpc) is 3.14. The van der Waals surface area contributed by atoms with Crippen molar-refractivity contribution in [3.63, 3.8) is 0 Å². The van der Waals surface area contributed by atoms with Gasteiger partial charge in [0.2, 0.25) is 5.91 Å². The van der Waals surface area contributed by atoms with Gasteiger partial charge in [0.1, 0.15) is 17.6 Å². The van der Waals surface area contributed by atoms with E-state index in [1.165, 1.54) is 0 Å². The van der Waals surface area contributed by atoms with Crippen LogP contribution in [0.2, 0.25) is 0 Å². The summed E-state index contributed by atoms with van der Waals surface area (Å²) in [5.41, 5.74) is 2.20. The monoisotopic (exact) mass is 362 g/mol. The topological polar surface area (TPSA) is 54.7 Å². The number of para-hydroxylation sites is 1. The Balaban J connectivity index is 1.48. The van der Waals surface area contributed by atoms with Crippen molar-refractivity contribution < 1.29 is 13.9 Å². The summed E-state index contributed by atoms with van der Waals surface area (Å²) in [5.74, 6) is 1.59. The van der Waals surface area contributed by atoms with E-state index < -0.39 is 0 Å². The maximum absolute atomic E-state index is 12.4. The molecule has 0 fully saturated rings. The average molecular weight is 362 g/mol. The summed E-state index contributed by atoms with van der Waals surface area (Å²) in [6, 6.07) is 21.8. The number of hydrogen-bond acceptors (Lipinski definition) is 4. The quantitative estimate of drug-likeness (QED) is 0.754. The highest BCUT2D eigenvalue weighted by Crippen LogP contribution is 2.30. The first-order valence-corrected chi connectivity index (χ1v) is 9.09. The molecule has 1 unspecified atom stereocenters. The van der Waals surface area contributed by atoms with Crippen molar-refractivity contribution in [1.82, 2.24) is 10.2 Å². The van der Waals surface area contributed by atoms with Gasteiger partial charge in [-0.25, -0.2) is 0 Å². The smallest absolute Gasteiger partial charge is 0.234 e. The molecule has 1 atom stereocenters. The largest absolute Gasteiger partial charge is 0.484 e. The molecule has 1 aromatic heterocycles. The van der Waals surface area contributed by atoms with Gasteiger partial charge in [0, 0.05) is 18.7 Å². The molecule has 5 heteroatoms. The normalized spacial score (nSPS) is 16.8. The molecule has 0 aliphatic carbocycles. The zero-order chi connectivity index (χ0) is 18.5. The maximum atomic E-state index is 12.4. The Morgan fingerprint density at radius 3 is 2.67 bits per heavy atom. The summed E-state index contributed by atoms with van der Waals surface area (Å²) in [7, 11) is 0. The van der Waals surface area contributed by atoms with E-state index in [4.69, 9.17) is 9.15 Å². The molecule has 0 bridgehead atoms. The third-order valence-corrected chi connectivity index (χ3v) is 4.64. The van der Waals surface area contributed by atoms with Crippen LogP contribution in [0, 0.1) is 0 Å². The van der Waals surface area contributed by atoms with Gasteiger partial charge in [-0.15, -0.1) is 0 Å². The molecule has 2 aromatic carbocycles. The number of rotatable bonds is 5. The highest BCUT2D eigenvalue weighted by molar-refractivity contribution is 5.78. The Morgan fingerprint density at radius 1 is 1.04 bits per heavy atom. The van der Waals surface area contributed by atoms with Crippen molar-refractivity contribution in [2.75, 3.05) is 13.1 Å². The lowest BCUT2D eigenvalue weighted by Crippen LogP contribution is -2.38. The van der Waals surface area contributed by atoms with Crippen molar-refractivity contribution in [3.05, 3.63) is 89.9 Å². The molecule has 0 saturated heterocycles. The molecule has 27 heavy (non-hydrogen) atoms. The number of benzene rings is 2. The van der Waals surface area contributed by atoms with E-state index in [-0.39, 0.29) is 12.0 Å². The molecule has 5 nitrogen and oxygen atoms in total. The number of hydrogen-bond donors (Lipinski definition) is 1. The van der Waals surface area contributed by atoms with Crippen molar-refractivity contribution >= 4 is 5.91 Å². The number of furan rings is 1. The lowest BCUT2D eigenvalue weighted by Gasteiger charge is -2.23. The molecule has 0 spiro atoms. The van der Waals surface area contributed by atoms with Crippen LogP contribution >= 0.6 is 0 Å². The molecule has 0 radical (unpaired) electrons. The van der Waals surface area contributed by atoms with Crippen LogP contribution in [-0.4, -0.2) is 23.9 Å². The summed E-state index contributed by atoms with van der Waals surface area (Å²) in [6.07, 6.45) is 1.49. The van der Waals surface area contributed by atoms with Gasteiger partial charge in [-0.1, -0.05) is 48.5 Å². The number of carbonyl (C=O) groups excluding carboxylic acids is 1. The van der Waals surface area contributed by atoms with E-state index in [1.54, 1.807) is 6.26 Å².